The maximum atomic E-state index is 11.9. The van der Waals surface area contributed by atoms with Gasteiger partial charge in [-0.05, 0) is 6.07 Å². The van der Waals surface area contributed by atoms with E-state index in [4.69, 9.17) is 9.47 Å². The lowest BCUT2D eigenvalue weighted by molar-refractivity contribution is -0.385. The van der Waals surface area contributed by atoms with Gasteiger partial charge in [0.2, 0.25) is 5.75 Å². The third-order valence-electron chi connectivity index (χ3n) is 2.83. The number of rotatable bonds is 4. The molecule has 1 heterocycles. The van der Waals surface area contributed by atoms with Crippen LogP contribution in [0.2, 0.25) is 0 Å². The highest BCUT2D eigenvalue weighted by Gasteiger charge is 2.22. The van der Waals surface area contributed by atoms with Crippen molar-refractivity contribution in [3.8, 4) is 5.75 Å². The van der Waals surface area contributed by atoms with E-state index in [1.165, 1.54) is 12.1 Å². The number of phenols is 1. The molecular formula is C12H14N2O6. The minimum absolute atomic E-state index is 0.143. The number of nitrogens with zero attached hydrogens (tertiary/aromatic N) is 1. The van der Waals surface area contributed by atoms with E-state index in [0.29, 0.717) is 19.8 Å². The monoisotopic (exact) mass is 282 g/mol. The summed E-state index contributed by atoms with van der Waals surface area (Å²) in [6, 6.07) is 3.78. The maximum Gasteiger partial charge on any atom is 0.311 e. The van der Waals surface area contributed by atoms with Gasteiger partial charge in [0, 0.05) is 12.6 Å². The van der Waals surface area contributed by atoms with Crippen LogP contribution >= 0.6 is 0 Å². The number of ether oxygens (including phenoxy) is 2. The molecule has 0 spiro atoms. The SMILES string of the molecule is O=C(NCC1COCCO1)c1cccc([N+](=O)[O-])c1O. The first kappa shape index (κ1) is 14.2. The molecule has 1 aliphatic rings. The number of nitro groups is 1. The molecule has 1 amide bonds. The number of hydrogen-bond donors (Lipinski definition) is 2. The second-order valence-electron chi connectivity index (χ2n) is 4.21. The fourth-order valence-corrected chi connectivity index (χ4v) is 1.82. The highest BCUT2D eigenvalue weighted by molar-refractivity contribution is 5.98. The normalized spacial score (nSPS) is 18.5. The summed E-state index contributed by atoms with van der Waals surface area (Å²) >= 11 is 0. The minimum atomic E-state index is -0.746. The van der Waals surface area contributed by atoms with Crippen LogP contribution in [-0.4, -0.2) is 48.4 Å². The summed E-state index contributed by atoms with van der Waals surface area (Å²) in [5.41, 5.74) is -0.647. The number of carbonyl (C=O) groups is 1. The summed E-state index contributed by atoms with van der Waals surface area (Å²) in [5, 5.41) is 22.9. The number of nitrogens with one attached hydrogen (secondary N) is 1. The topological polar surface area (TPSA) is 111 Å². The summed E-state index contributed by atoms with van der Waals surface area (Å²) in [5.74, 6) is -1.24. The summed E-state index contributed by atoms with van der Waals surface area (Å²) < 4.78 is 10.5. The van der Waals surface area contributed by atoms with E-state index < -0.39 is 22.3 Å². The van der Waals surface area contributed by atoms with E-state index in [9.17, 15) is 20.0 Å². The lowest BCUT2D eigenvalue weighted by atomic mass is 10.1. The Kier molecular flexibility index (Phi) is 4.49. The number of hydrogen-bond acceptors (Lipinski definition) is 6. The van der Waals surface area contributed by atoms with E-state index >= 15 is 0 Å². The van der Waals surface area contributed by atoms with Crippen molar-refractivity contribution >= 4 is 11.6 Å². The molecular weight excluding hydrogens is 268 g/mol. The van der Waals surface area contributed by atoms with Crippen LogP contribution in [0.25, 0.3) is 0 Å². The van der Waals surface area contributed by atoms with Gasteiger partial charge in [0.05, 0.1) is 36.4 Å². The van der Waals surface area contributed by atoms with Crippen molar-refractivity contribution in [2.45, 2.75) is 6.10 Å². The van der Waals surface area contributed by atoms with E-state index in [-0.39, 0.29) is 18.2 Å². The average Bonchev–Trinajstić information content (AvgIpc) is 2.46. The smallest absolute Gasteiger partial charge is 0.311 e. The van der Waals surface area contributed by atoms with Crippen molar-refractivity contribution in [1.82, 2.24) is 5.32 Å². The van der Waals surface area contributed by atoms with Crippen molar-refractivity contribution in [2.24, 2.45) is 0 Å². The number of carbonyl (C=O) groups excluding carboxylic acids is 1. The molecule has 1 aromatic carbocycles. The van der Waals surface area contributed by atoms with Gasteiger partial charge in [-0.15, -0.1) is 0 Å². The van der Waals surface area contributed by atoms with Crippen LogP contribution in [-0.2, 0) is 9.47 Å². The molecule has 8 heteroatoms. The molecule has 0 radical (unpaired) electrons. The predicted molar refractivity (Wildman–Crippen MR) is 67.7 cm³/mol. The van der Waals surface area contributed by atoms with Gasteiger partial charge in [0.25, 0.3) is 5.91 Å². The predicted octanol–water partition coefficient (Wildman–Crippen LogP) is 0.446. The van der Waals surface area contributed by atoms with Crippen LogP contribution in [0.5, 0.6) is 5.75 Å². The third kappa shape index (κ3) is 3.22. The van der Waals surface area contributed by atoms with Gasteiger partial charge in [-0.25, -0.2) is 0 Å². The molecule has 0 bridgehead atoms. The van der Waals surface area contributed by atoms with Crippen molar-refractivity contribution in [1.29, 1.82) is 0 Å². The maximum absolute atomic E-state index is 11.9. The number of nitro benzene ring substituents is 1. The fraction of sp³-hybridized carbons (Fsp3) is 0.417. The summed E-state index contributed by atoms with van der Waals surface area (Å²) in [6.07, 6.45) is -0.256. The quantitative estimate of drug-likeness (QED) is 0.612. The summed E-state index contributed by atoms with van der Waals surface area (Å²) in [7, 11) is 0. The van der Waals surface area contributed by atoms with Crippen molar-refractivity contribution < 1.29 is 24.3 Å². The second kappa shape index (κ2) is 6.31. The Hall–Kier alpha value is -2.19. The van der Waals surface area contributed by atoms with Gasteiger partial charge < -0.3 is 19.9 Å². The number of aromatic hydroxyl groups is 1. The van der Waals surface area contributed by atoms with Gasteiger partial charge in [-0.1, -0.05) is 6.07 Å². The first-order valence-electron chi connectivity index (χ1n) is 6.03. The zero-order chi connectivity index (χ0) is 14.5. The van der Waals surface area contributed by atoms with Crippen molar-refractivity contribution in [3.05, 3.63) is 33.9 Å². The highest BCUT2D eigenvalue weighted by atomic mass is 16.6. The molecule has 8 nitrogen and oxygen atoms in total. The molecule has 1 aliphatic heterocycles. The Morgan fingerprint density at radius 2 is 2.30 bits per heavy atom. The van der Waals surface area contributed by atoms with Crippen molar-refractivity contribution in [3.63, 3.8) is 0 Å². The molecule has 1 saturated heterocycles. The molecule has 0 aliphatic carbocycles. The Morgan fingerprint density at radius 1 is 1.50 bits per heavy atom. The molecule has 0 aromatic heterocycles. The van der Waals surface area contributed by atoms with Gasteiger partial charge in [-0.2, -0.15) is 0 Å². The van der Waals surface area contributed by atoms with Crippen LogP contribution in [0, 0.1) is 10.1 Å². The van der Waals surface area contributed by atoms with E-state index in [1.807, 2.05) is 0 Å². The molecule has 1 fully saturated rings. The van der Waals surface area contributed by atoms with Crippen LogP contribution < -0.4 is 5.32 Å². The Balaban J connectivity index is 2.01. The Bertz CT molecular complexity index is 513. The molecule has 2 rings (SSSR count). The summed E-state index contributed by atoms with van der Waals surface area (Å²) in [4.78, 5) is 21.8. The number of phenolic OH excluding ortho intramolecular Hbond substituents is 1. The van der Waals surface area contributed by atoms with Gasteiger partial charge >= 0.3 is 5.69 Å². The average molecular weight is 282 g/mol. The van der Waals surface area contributed by atoms with Crippen LogP contribution in [0.15, 0.2) is 18.2 Å². The molecule has 20 heavy (non-hydrogen) atoms. The number of benzene rings is 1. The Labute approximate surface area is 114 Å². The third-order valence-corrected chi connectivity index (χ3v) is 2.83. The molecule has 1 unspecified atom stereocenters. The van der Waals surface area contributed by atoms with Gasteiger partial charge in [-0.3, -0.25) is 14.9 Å². The zero-order valence-corrected chi connectivity index (χ0v) is 10.6. The zero-order valence-electron chi connectivity index (χ0n) is 10.6. The standard InChI is InChI=1S/C12H14N2O6/c15-11-9(2-1-3-10(11)14(17)18)12(16)13-6-8-7-19-4-5-20-8/h1-3,8,15H,4-7H2,(H,13,16). The molecule has 108 valence electrons. The van der Waals surface area contributed by atoms with E-state index in [1.54, 1.807) is 0 Å². The first-order chi connectivity index (χ1) is 9.59. The second-order valence-corrected chi connectivity index (χ2v) is 4.21. The highest BCUT2D eigenvalue weighted by Crippen LogP contribution is 2.29. The molecule has 2 N–H and O–H groups in total. The van der Waals surface area contributed by atoms with Gasteiger partial charge in [0.15, 0.2) is 0 Å². The van der Waals surface area contributed by atoms with Crippen molar-refractivity contribution in [2.75, 3.05) is 26.4 Å². The van der Waals surface area contributed by atoms with E-state index in [0.717, 1.165) is 6.07 Å². The molecule has 1 atom stereocenters. The minimum Gasteiger partial charge on any atom is -0.502 e. The molecule has 1 aromatic rings. The fourth-order valence-electron chi connectivity index (χ4n) is 1.82. The first-order valence-corrected chi connectivity index (χ1v) is 6.03. The largest absolute Gasteiger partial charge is 0.502 e. The van der Waals surface area contributed by atoms with Crippen LogP contribution in [0.3, 0.4) is 0 Å². The summed E-state index contributed by atoms with van der Waals surface area (Å²) in [6.45, 7) is 1.57. The Morgan fingerprint density at radius 3 is 2.95 bits per heavy atom. The lowest BCUT2D eigenvalue weighted by Crippen LogP contribution is -2.39. The number of amides is 1. The van der Waals surface area contributed by atoms with Gasteiger partial charge in [0.1, 0.15) is 0 Å². The van der Waals surface area contributed by atoms with Crippen LogP contribution in [0.1, 0.15) is 10.4 Å². The lowest BCUT2D eigenvalue weighted by Gasteiger charge is -2.23. The molecule has 0 saturated carbocycles. The number of para-hydroxylation sites is 1. The van der Waals surface area contributed by atoms with Crippen LogP contribution in [0.4, 0.5) is 5.69 Å². The van der Waals surface area contributed by atoms with E-state index in [2.05, 4.69) is 5.32 Å².